The summed E-state index contributed by atoms with van der Waals surface area (Å²) in [4.78, 5) is 20.8. The summed E-state index contributed by atoms with van der Waals surface area (Å²) in [5.41, 5.74) is 5.11. The molecule has 0 fully saturated rings. The second kappa shape index (κ2) is 6.18. The van der Waals surface area contributed by atoms with Crippen molar-refractivity contribution < 1.29 is 19.0 Å². The number of nitrogens with zero attached hydrogens (tertiary/aromatic N) is 1. The number of hydrogen-bond acceptors (Lipinski definition) is 6. The lowest BCUT2D eigenvalue weighted by Crippen LogP contribution is -2.34. The normalized spacial score (nSPS) is 12.1. The quantitative estimate of drug-likeness (QED) is 0.444. The fourth-order valence-electron chi connectivity index (χ4n) is 0.921. The van der Waals surface area contributed by atoms with E-state index < -0.39 is 16.9 Å². The van der Waals surface area contributed by atoms with Crippen LogP contribution in [0.5, 0.6) is 0 Å². The van der Waals surface area contributed by atoms with Crippen LogP contribution in [-0.2, 0) is 8.98 Å². The van der Waals surface area contributed by atoms with Crippen LogP contribution >= 0.6 is 12.0 Å². The summed E-state index contributed by atoms with van der Waals surface area (Å²) < 4.78 is 4.94. The van der Waals surface area contributed by atoms with Crippen molar-refractivity contribution in [2.45, 2.75) is 10.9 Å². The molecule has 0 spiro atoms. The summed E-state index contributed by atoms with van der Waals surface area (Å²) >= 11 is 0.736. The van der Waals surface area contributed by atoms with E-state index in [0.717, 1.165) is 12.0 Å². The molecule has 0 radical (unpaired) electrons. The van der Waals surface area contributed by atoms with Crippen molar-refractivity contribution in [3.63, 3.8) is 0 Å². The lowest BCUT2D eigenvalue weighted by atomic mass is 10.3. The molecule has 8 heteroatoms. The number of nitro benzene ring substituents is 1. The Morgan fingerprint density at radius 3 is 2.82 bits per heavy atom. The minimum Gasteiger partial charge on any atom is -0.480 e. The predicted molar refractivity (Wildman–Crippen MR) is 60.5 cm³/mol. The number of nitrogens with two attached hydrogens (primary N) is 1. The first-order chi connectivity index (χ1) is 8.02. The van der Waals surface area contributed by atoms with Gasteiger partial charge in [-0.25, -0.2) is 0 Å². The van der Waals surface area contributed by atoms with Gasteiger partial charge in [0.25, 0.3) is 5.69 Å². The molecule has 0 bridgehead atoms. The zero-order valence-corrected chi connectivity index (χ0v) is 9.42. The van der Waals surface area contributed by atoms with Gasteiger partial charge in [-0.3, -0.25) is 14.9 Å². The highest BCUT2D eigenvalue weighted by atomic mass is 32.2. The number of para-hydroxylation sites is 1. The molecule has 92 valence electrons. The first kappa shape index (κ1) is 13.4. The lowest BCUT2D eigenvalue weighted by Gasteiger charge is -2.06. The molecule has 7 nitrogen and oxygen atoms in total. The van der Waals surface area contributed by atoms with E-state index in [-0.39, 0.29) is 12.3 Å². The summed E-state index contributed by atoms with van der Waals surface area (Å²) in [5, 5.41) is 19.1. The van der Waals surface area contributed by atoms with Gasteiger partial charge < -0.3 is 15.0 Å². The van der Waals surface area contributed by atoms with E-state index in [9.17, 15) is 14.9 Å². The Morgan fingerprint density at radius 2 is 2.24 bits per heavy atom. The third kappa shape index (κ3) is 4.02. The molecule has 3 N–H and O–H groups in total. The van der Waals surface area contributed by atoms with Gasteiger partial charge in [-0.1, -0.05) is 12.1 Å². The molecule has 0 amide bonds. The standard InChI is InChI=1S/C9H10N2O5S/c10-6(9(12)13)5-16-17-8-4-2-1-3-7(8)11(14)15/h1-4,6H,5,10H2,(H,12,13)/t6-/m0/s1. The van der Waals surface area contributed by atoms with Gasteiger partial charge in [0.2, 0.25) is 0 Å². The Balaban J connectivity index is 2.58. The van der Waals surface area contributed by atoms with E-state index in [1.165, 1.54) is 18.2 Å². The number of rotatable bonds is 6. The molecule has 0 saturated carbocycles. The largest absolute Gasteiger partial charge is 0.480 e. The van der Waals surface area contributed by atoms with Gasteiger partial charge in [-0.15, -0.1) is 0 Å². The lowest BCUT2D eigenvalue weighted by molar-refractivity contribution is -0.387. The number of benzene rings is 1. The van der Waals surface area contributed by atoms with Crippen molar-refractivity contribution in [2.75, 3.05) is 6.61 Å². The number of hydrogen-bond donors (Lipinski definition) is 2. The molecule has 0 aliphatic rings. The molecule has 0 aliphatic heterocycles. The highest BCUT2D eigenvalue weighted by Crippen LogP contribution is 2.29. The first-order valence-corrected chi connectivity index (χ1v) is 5.28. The maximum absolute atomic E-state index is 10.6. The minimum absolute atomic E-state index is 0.0959. The Labute approximate surface area is 101 Å². The van der Waals surface area contributed by atoms with Crippen molar-refractivity contribution in [3.8, 4) is 0 Å². The summed E-state index contributed by atoms with van der Waals surface area (Å²) in [7, 11) is 0. The Bertz CT molecular complexity index is 426. The third-order valence-corrected chi connectivity index (χ3v) is 2.55. The Morgan fingerprint density at radius 1 is 1.59 bits per heavy atom. The third-order valence-electron chi connectivity index (χ3n) is 1.78. The number of carboxylic acids is 1. The van der Waals surface area contributed by atoms with E-state index in [0.29, 0.717) is 4.90 Å². The molecule has 0 aromatic heterocycles. The second-order valence-corrected chi connectivity index (χ2v) is 3.88. The fourth-order valence-corrected chi connectivity index (χ4v) is 1.62. The van der Waals surface area contributed by atoms with Crippen LogP contribution in [0, 0.1) is 10.1 Å². The summed E-state index contributed by atoms with van der Waals surface area (Å²) in [6.07, 6.45) is 0. The molecule has 1 aromatic carbocycles. The molecular formula is C9H10N2O5S. The smallest absolute Gasteiger partial charge is 0.322 e. The molecule has 0 aliphatic carbocycles. The van der Waals surface area contributed by atoms with E-state index in [4.69, 9.17) is 15.0 Å². The summed E-state index contributed by atoms with van der Waals surface area (Å²) in [6, 6.07) is 4.85. The van der Waals surface area contributed by atoms with Gasteiger partial charge in [0.15, 0.2) is 0 Å². The Hall–Kier alpha value is -1.64. The molecule has 17 heavy (non-hydrogen) atoms. The van der Waals surface area contributed by atoms with E-state index in [1.54, 1.807) is 6.07 Å². The van der Waals surface area contributed by atoms with Crippen molar-refractivity contribution in [2.24, 2.45) is 5.73 Å². The molecular weight excluding hydrogens is 248 g/mol. The van der Waals surface area contributed by atoms with Crippen molar-refractivity contribution in [1.29, 1.82) is 0 Å². The van der Waals surface area contributed by atoms with Crippen LogP contribution in [0.25, 0.3) is 0 Å². The van der Waals surface area contributed by atoms with Gasteiger partial charge in [-0.05, 0) is 6.07 Å². The molecule has 1 atom stereocenters. The van der Waals surface area contributed by atoms with Crippen LogP contribution in [0.1, 0.15) is 0 Å². The number of carboxylic acid groups (broad SMARTS) is 1. The average Bonchev–Trinajstić information content (AvgIpc) is 2.29. The monoisotopic (exact) mass is 258 g/mol. The Kier molecular flexibility index (Phi) is 4.88. The molecule has 0 saturated heterocycles. The highest BCUT2D eigenvalue weighted by Gasteiger charge is 2.16. The van der Waals surface area contributed by atoms with Gasteiger partial charge in [-0.2, -0.15) is 0 Å². The van der Waals surface area contributed by atoms with Crippen molar-refractivity contribution in [1.82, 2.24) is 0 Å². The summed E-state index contributed by atoms with van der Waals surface area (Å²) in [6.45, 7) is -0.230. The molecule has 1 rings (SSSR count). The SMILES string of the molecule is N[C@@H](COSc1ccccc1[N+](=O)[O-])C(=O)O. The number of aliphatic carboxylic acids is 1. The van der Waals surface area contributed by atoms with Crippen LogP contribution in [0.2, 0.25) is 0 Å². The second-order valence-electron chi connectivity index (χ2n) is 3.04. The van der Waals surface area contributed by atoms with Crippen LogP contribution in [0.3, 0.4) is 0 Å². The zero-order chi connectivity index (χ0) is 12.8. The van der Waals surface area contributed by atoms with E-state index >= 15 is 0 Å². The minimum atomic E-state index is -1.19. The van der Waals surface area contributed by atoms with Gasteiger partial charge >= 0.3 is 5.97 Å². The maximum atomic E-state index is 10.6. The van der Waals surface area contributed by atoms with Gasteiger partial charge in [0, 0.05) is 18.1 Å². The van der Waals surface area contributed by atoms with E-state index in [2.05, 4.69) is 0 Å². The predicted octanol–water partition coefficient (Wildman–Crippen LogP) is 1.03. The molecule has 0 unspecified atom stereocenters. The topological polar surface area (TPSA) is 116 Å². The molecule has 1 aromatic rings. The van der Waals surface area contributed by atoms with E-state index in [1.807, 2.05) is 0 Å². The van der Waals surface area contributed by atoms with Gasteiger partial charge in [0.05, 0.1) is 11.5 Å². The van der Waals surface area contributed by atoms with Crippen LogP contribution in [0.4, 0.5) is 5.69 Å². The van der Waals surface area contributed by atoms with Crippen molar-refractivity contribution >= 4 is 23.7 Å². The number of carbonyl (C=O) groups is 1. The fraction of sp³-hybridized carbons (Fsp3) is 0.222. The maximum Gasteiger partial charge on any atom is 0.322 e. The summed E-state index contributed by atoms with van der Waals surface area (Å²) in [5.74, 6) is -1.19. The number of nitro groups is 1. The highest BCUT2D eigenvalue weighted by molar-refractivity contribution is 7.94. The first-order valence-electron chi connectivity index (χ1n) is 4.53. The average molecular weight is 258 g/mol. The van der Waals surface area contributed by atoms with Crippen molar-refractivity contribution in [3.05, 3.63) is 34.4 Å². The molecule has 0 heterocycles. The van der Waals surface area contributed by atoms with Crippen LogP contribution < -0.4 is 5.73 Å². The zero-order valence-electron chi connectivity index (χ0n) is 8.61. The van der Waals surface area contributed by atoms with Gasteiger partial charge in [0.1, 0.15) is 10.9 Å². The van der Waals surface area contributed by atoms with Crippen LogP contribution in [0.15, 0.2) is 29.2 Å². The van der Waals surface area contributed by atoms with Crippen LogP contribution in [-0.4, -0.2) is 28.6 Å².